The van der Waals surface area contributed by atoms with Crippen LogP contribution < -0.4 is 0 Å². The monoisotopic (exact) mass is 316 g/mol. The lowest BCUT2D eigenvalue weighted by Crippen LogP contribution is -2.32. The van der Waals surface area contributed by atoms with Crippen LogP contribution in [0, 0.1) is 0 Å². The number of carbonyl (C=O) groups excluding carboxylic acids is 2. The number of Topliss-reactive ketones (excluding diaryl/α,β-unsaturated/α-hetero) is 1. The summed E-state index contributed by atoms with van der Waals surface area (Å²) >= 11 is 0. The second-order valence-corrected chi connectivity index (χ2v) is 5.05. The lowest BCUT2D eigenvalue weighted by molar-refractivity contribution is -0.158. The molecule has 0 N–H and O–H groups in total. The van der Waals surface area contributed by atoms with Crippen molar-refractivity contribution in [1.82, 2.24) is 0 Å². The molecule has 2 unspecified atom stereocenters. The van der Waals surface area contributed by atoms with E-state index in [0.29, 0.717) is 5.57 Å². The summed E-state index contributed by atoms with van der Waals surface area (Å²) in [6.07, 6.45) is 2.50. The number of carbonyl (C=O) groups is 2. The highest BCUT2D eigenvalue weighted by atomic mass is 16.7. The molecule has 5 heteroatoms. The molecule has 0 spiro atoms. The average Bonchev–Trinajstić information content (AvgIpc) is 2.75. The van der Waals surface area contributed by atoms with Crippen LogP contribution in [0.15, 0.2) is 54.0 Å². The van der Waals surface area contributed by atoms with Crippen molar-refractivity contribution in [3.05, 3.63) is 59.6 Å². The molecule has 0 aromatic heterocycles. The molecule has 0 saturated heterocycles. The van der Waals surface area contributed by atoms with Gasteiger partial charge in [-0.05, 0) is 25.5 Å². The van der Waals surface area contributed by atoms with E-state index in [1.807, 2.05) is 30.3 Å². The van der Waals surface area contributed by atoms with Crippen LogP contribution >= 0.6 is 0 Å². The first-order valence-electron chi connectivity index (χ1n) is 7.44. The van der Waals surface area contributed by atoms with Crippen LogP contribution in [-0.4, -0.2) is 31.6 Å². The summed E-state index contributed by atoms with van der Waals surface area (Å²) in [4.78, 5) is 24.1. The van der Waals surface area contributed by atoms with Gasteiger partial charge >= 0.3 is 5.97 Å². The fourth-order valence-electron chi connectivity index (χ4n) is 2.42. The van der Waals surface area contributed by atoms with Crippen LogP contribution in [0.2, 0.25) is 0 Å². The largest absolute Gasteiger partial charge is 0.468 e. The van der Waals surface area contributed by atoms with Crippen molar-refractivity contribution in [2.75, 3.05) is 13.7 Å². The van der Waals surface area contributed by atoms with Crippen LogP contribution in [0.1, 0.15) is 25.3 Å². The minimum atomic E-state index is -0.916. The molecular formula is C18H20O5. The third kappa shape index (κ3) is 3.80. The SMILES string of the molecule is CCOC(=O)C1OC(OC)=C(C(C)=O)C=CC1c1ccccc1. The molecule has 0 bridgehead atoms. The third-order valence-electron chi connectivity index (χ3n) is 3.52. The number of ketones is 1. The van der Waals surface area contributed by atoms with Crippen LogP contribution in [0.4, 0.5) is 0 Å². The van der Waals surface area contributed by atoms with E-state index in [4.69, 9.17) is 14.2 Å². The molecule has 2 rings (SSSR count). The molecule has 1 aromatic carbocycles. The van der Waals surface area contributed by atoms with Crippen molar-refractivity contribution < 1.29 is 23.8 Å². The van der Waals surface area contributed by atoms with Gasteiger partial charge in [0.1, 0.15) is 0 Å². The Labute approximate surface area is 135 Å². The van der Waals surface area contributed by atoms with Crippen molar-refractivity contribution in [2.24, 2.45) is 0 Å². The number of hydrogen-bond donors (Lipinski definition) is 0. The van der Waals surface area contributed by atoms with Gasteiger partial charge in [0.25, 0.3) is 5.95 Å². The first-order chi connectivity index (χ1) is 11.1. The van der Waals surface area contributed by atoms with E-state index in [1.54, 1.807) is 19.1 Å². The van der Waals surface area contributed by atoms with Gasteiger partial charge in [-0.3, -0.25) is 4.79 Å². The molecule has 23 heavy (non-hydrogen) atoms. The van der Waals surface area contributed by atoms with E-state index in [2.05, 4.69) is 0 Å². The number of hydrogen-bond acceptors (Lipinski definition) is 5. The number of esters is 1. The summed E-state index contributed by atoms with van der Waals surface area (Å²) in [7, 11) is 1.40. The van der Waals surface area contributed by atoms with Gasteiger partial charge in [0, 0.05) is 0 Å². The normalized spacial score (nSPS) is 20.5. The van der Waals surface area contributed by atoms with Crippen LogP contribution in [-0.2, 0) is 23.8 Å². The quantitative estimate of drug-likeness (QED) is 0.782. The van der Waals surface area contributed by atoms with E-state index in [-0.39, 0.29) is 24.3 Å². The molecule has 1 aliphatic heterocycles. The number of rotatable bonds is 5. The van der Waals surface area contributed by atoms with Crippen molar-refractivity contribution in [1.29, 1.82) is 0 Å². The summed E-state index contributed by atoms with van der Waals surface area (Å²) in [6, 6.07) is 9.45. The molecule has 0 saturated carbocycles. The van der Waals surface area contributed by atoms with Gasteiger partial charge in [-0.2, -0.15) is 0 Å². The molecule has 5 nitrogen and oxygen atoms in total. The van der Waals surface area contributed by atoms with Gasteiger partial charge in [-0.25, -0.2) is 4.79 Å². The third-order valence-corrected chi connectivity index (χ3v) is 3.52. The standard InChI is InChI=1S/C18H20O5/c1-4-22-17(20)16-15(13-8-6-5-7-9-13)11-10-14(12(2)19)18(21-3)23-16/h5-11,15-16H,4H2,1-3H3. The second-order valence-electron chi connectivity index (χ2n) is 5.05. The maximum Gasteiger partial charge on any atom is 0.348 e. The summed E-state index contributed by atoms with van der Waals surface area (Å²) in [5, 5.41) is 0. The van der Waals surface area contributed by atoms with Gasteiger partial charge in [-0.1, -0.05) is 36.4 Å². The van der Waals surface area contributed by atoms with Gasteiger partial charge in [0.15, 0.2) is 5.78 Å². The van der Waals surface area contributed by atoms with Crippen LogP contribution in [0.5, 0.6) is 0 Å². The molecule has 1 aromatic rings. The molecule has 122 valence electrons. The Morgan fingerprint density at radius 1 is 1.22 bits per heavy atom. The Morgan fingerprint density at radius 2 is 1.91 bits per heavy atom. The molecule has 2 atom stereocenters. The van der Waals surface area contributed by atoms with Crippen LogP contribution in [0.25, 0.3) is 0 Å². The Bertz CT molecular complexity index is 630. The van der Waals surface area contributed by atoms with E-state index in [0.717, 1.165) is 5.56 Å². The molecular weight excluding hydrogens is 296 g/mol. The fourth-order valence-corrected chi connectivity index (χ4v) is 2.42. The second kappa shape index (κ2) is 7.63. The summed E-state index contributed by atoms with van der Waals surface area (Å²) in [5.41, 5.74) is 1.18. The molecule has 1 heterocycles. The van der Waals surface area contributed by atoms with E-state index >= 15 is 0 Å². The predicted octanol–water partition coefficient (Wildman–Crippen LogP) is 2.74. The molecule has 0 aliphatic carbocycles. The Kier molecular flexibility index (Phi) is 5.57. The zero-order chi connectivity index (χ0) is 16.8. The first kappa shape index (κ1) is 16.8. The van der Waals surface area contributed by atoms with E-state index in [1.165, 1.54) is 14.0 Å². The lowest BCUT2D eigenvalue weighted by Gasteiger charge is -2.23. The van der Waals surface area contributed by atoms with Gasteiger partial charge in [0.2, 0.25) is 6.10 Å². The van der Waals surface area contributed by atoms with Gasteiger partial charge in [0.05, 0.1) is 25.2 Å². The molecule has 0 fully saturated rings. The van der Waals surface area contributed by atoms with Crippen molar-refractivity contribution >= 4 is 11.8 Å². The summed E-state index contributed by atoms with van der Waals surface area (Å²) in [6.45, 7) is 3.40. The predicted molar refractivity (Wildman–Crippen MR) is 84.5 cm³/mol. The lowest BCUT2D eigenvalue weighted by atomic mass is 9.92. The molecule has 0 amide bonds. The zero-order valence-electron chi connectivity index (χ0n) is 13.4. The fraction of sp³-hybridized carbons (Fsp3) is 0.333. The van der Waals surface area contributed by atoms with Gasteiger partial charge in [-0.15, -0.1) is 0 Å². The first-order valence-corrected chi connectivity index (χ1v) is 7.44. The maximum atomic E-state index is 12.3. The zero-order valence-corrected chi connectivity index (χ0v) is 13.4. The van der Waals surface area contributed by atoms with Gasteiger partial charge < -0.3 is 14.2 Å². The van der Waals surface area contributed by atoms with Crippen molar-refractivity contribution in [3.8, 4) is 0 Å². The highest BCUT2D eigenvalue weighted by Gasteiger charge is 2.35. The number of ether oxygens (including phenoxy) is 3. The topological polar surface area (TPSA) is 61.8 Å². The average molecular weight is 316 g/mol. The Balaban J connectivity index is 2.46. The summed E-state index contributed by atoms with van der Waals surface area (Å²) < 4.78 is 16.0. The smallest absolute Gasteiger partial charge is 0.348 e. The number of methoxy groups -OCH3 is 1. The minimum Gasteiger partial charge on any atom is -0.468 e. The number of allylic oxidation sites excluding steroid dienone is 2. The van der Waals surface area contributed by atoms with Crippen LogP contribution in [0.3, 0.4) is 0 Å². The number of benzene rings is 1. The van der Waals surface area contributed by atoms with Crippen molar-refractivity contribution in [3.63, 3.8) is 0 Å². The Hall–Kier alpha value is -2.56. The molecule has 0 radical (unpaired) electrons. The highest BCUT2D eigenvalue weighted by Crippen LogP contribution is 2.31. The minimum absolute atomic E-state index is 0.0326. The van der Waals surface area contributed by atoms with E-state index in [9.17, 15) is 9.59 Å². The highest BCUT2D eigenvalue weighted by molar-refractivity contribution is 5.96. The maximum absolute atomic E-state index is 12.3. The Morgan fingerprint density at radius 3 is 2.48 bits per heavy atom. The van der Waals surface area contributed by atoms with Crippen molar-refractivity contribution in [2.45, 2.75) is 25.9 Å². The van der Waals surface area contributed by atoms with E-state index < -0.39 is 12.1 Å². The summed E-state index contributed by atoms with van der Waals surface area (Å²) in [5.74, 6) is -1.04. The molecule has 1 aliphatic rings.